The summed E-state index contributed by atoms with van der Waals surface area (Å²) in [6.45, 7) is 4.01. The van der Waals surface area contributed by atoms with Crippen LogP contribution in [0.1, 0.15) is 25.8 Å². The quantitative estimate of drug-likeness (QED) is 0.327. The highest BCUT2D eigenvalue weighted by Crippen LogP contribution is 2.35. The molecule has 0 unspecified atom stereocenters. The van der Waals surface area contributed by atoms with Gasteiger partial charge in [-0.1, -0.05) is 61.0 Å². The fourth-order valence-corrected chi connectivity index (χ4v) is 3.59. The number of benzene rings is 3. The Hall–Kier alpha value is -3.64. The van der Waals surface area contributed by atoms with Gasteiger partial charge in [0.25, 0.3) is 5.56 Å². The number of rotatable bonds is 7. The number of halogens is 1. The maximum atomic E-state index is 13.4. The largest absolute Gasteiger partial charge is 0.493 e. The SMILES string of the molecule is CC[C@H](C)Oc1c(C=Nn2c(-c3ccccc3)nc3ccccc3c2=O)cc(Cl)cc1OC. The van der Waals surface area contributed by atoms with Gasteiger partial charge >= 0.3 is 0 Å². The molecule has 1 aromatic heterocycles. The number of hydrogen-bond donors (Lipinski definition) is 0. The minimum absolute atomic E-state index is 0.0443. The number of aromatic nitrogens is 2. The Morgan fingerprint density at radius 2 is 1.85 bits per heavy atom. The number of fused-ring (bicyclic) bond motifs is 1. The molecule has 3 aromatic carbocycles. The molecule has 33 heavy (non-hydrogen) atoms. The average Bonchev–Trinajstić information content (AvgIpc) is 2.84. The lowest BCUT2D eigenvalue weighted by Gasteiger charge is -2.18. The van der Waals surface area contributed by atoms with Crippen molar-refractivity contribution in [3.63, 3.8) is 0 Å². The van der Waals surface area contributed by atoms with E-state index in [0.717, 1.165) is 12.0 Å². The van der Waals surface area contributed by atoms with Gasteiger partial charge in [-0.2, -0.15) is 9.78 Å². The first-order chi connectivity index (χ1) is 16.0. The lowest BCUT2D eigenvalue weighted by Crippen LogP contribution is -2.20. The van der Waals surface area contributed by atoms with Crippen LogP contribution < -0.4 is 15.0 Å². The summed E-state index contributed by atoms with van der Waals surface area (Å²) < 4.78 is 12.9. The van der Waals surface area contributed by atoms with Crippen LogP contribution in [0, 0.1) is 0 Å². The molecule has 0 N–H and O–H groups in total. The van der Waals surface area contributed by atoms with Crippen LogP contribution in [-0.2, 0) is 0 Å². The minimum atomic E-state index is -0.269. The predicted octanol–water partition coefficient (Wildman–Crippen LogP) is 5.79. The third kappa shape index (κ3) is 4.76. The molecule has 0 aliphatic carbocycles. The molecule has 6 nitrogen and oxygen atoms in total. The molecule has 1 heterocycles. The van der Waals surface area contributed by atoms with Gasteiger partial charge in [-0.15, -0.1) is 0 Å². The molecular formula is C26H24ClN3O3. The molecule has 1 atom stereocenters. The molecule has 4 rings (SSSR count). The summed E-state index contributed by atoms with van der Waals surface area (Å²) in [4.78, 5) is 18.1. The molecule has 0 amide bonds. The summed E-state index contributed by atoms with van der Waals surface area (Å²) in [6.07, 6.45) is 2.32. The van der Waals surface area contributed by atoms with Crippen molar-refractivity contribution >= 4 is 28.7 Å². The molecule has 0 spiro atoms. The lowest BCUT2D eigenvalue weighted by atomic mass is 10.2. The number of para-hydroxylation sites is 1. The number of methoxy groups -OCH3 is 1. The monoisotopic (exact) mass is 461 g/mol. The van der Waals surface area contributed by atoms with Crippen molar-refractivity contribution in [2.45, 2.75) is 26.4 Å². The fraction of sp³-hybridized carbons (Fsp3) is 0.192. The van der Waals surface area contributed by atoms with E-state index in [1.54, 1.807) is 31.5 Å². The van der Waals surface area contributed by atoms with Gasteiger partial charge in [0, 0.05) is 22.2 Å². The second kappa shape index (κ2) is 9.88. The van der Waals surface area contributed by atoms with Gasteiger partial charge in [0.2, 0.25) is 0 Å². The van der Waals surface area contributed by atoms with E-state index in [-0.39, 0.29) is 11.7 Å². The van der Waals surface area contributed by atoms with Gasteiger partial charge in [-0.05, 0) is 31.5 Å². The minimum Gasteiger partial charge on any atom is -0.493 e. The molecule has 0 aliphatic rings. The Balaban J connectivity index is 1.91. The van der Waals surface area contributed by atoms with Gasteiger partial charge in [-0.3, -0.25) is 4.79 Å². The Bertz CT molecular complexity index is 1370. The fourth-order valence-electron chi connectivity index (χ4n) is 3.37. The van der Waals surface area contributed by atoms with E-state index >= 15 is 0 Å². The molecular weight excluding hydrogens is 438 g/mol. The zero-order valence-electron chi connectivity index (χ0n) is 18.7. The zero-order valence-corrected chi connectivity index (χ0v) is 19.4. The van der Waals surface area contributed by atoms with E-state index in [1.165, 1.54) is 4.68 Å². The highest BCUT2D eigenvalue weighted by molar-refractivity contribution is 6.31. The molecule has 0 aliphatic heterocycles. The third-order valence-electron chi connectivity index (χ3n) is 5.26. The number of ether oxygens (including phenoxy) is 2. The summed E-state index contributed by atoms with van der Waals surface area (Å²) in [5.74, 6) is 1.45. The topological polar surface area (TPSA) is 65.7 Å². The van der Waals surface area contributed by atoms with Crippen molar-refractivity contribution in [3.05, 3.63) is 87.7 Å². The maximum Gasteiger partial charge on any atom is 0.282 e. The van der Waals surface area contributed by atoms with E-state index in [2.05, 4.69) is 5.10 Å². The Kier molecular flexibility index (Phi) is 6.75. The number of nitrogens with zero attached hydrogens (tertiary/aromatic N) is 3. The molecule has 0 radical (unpaired) electrons. The third-order valence-corrected chi connectivity index (χ3v) is 5.48. The predicted molar refractivity (Wildman–Crippen MR) is 133 cm³/mol. The summed E-state index contributed by atoms with van der Waals surface area (Å²) in [7, 11) is 1.56. The molecule has 7 heteroatoms. The van der Waals surface area contributed by atoms with Crippen LogP contribution in [0.2, 0.25) is 5.02 Å². The Morgan fingerprint density at radius 1 is 1.12 bits per heavy atom. The van der Waals surface area contributed by atoms with Crippen molar-refractivity contribution in [2.75, 3.05) is 7.11 Å². The van der Waals surface area contributed by atoms with Crippen LogP contribution >= 0.6 is 11.6 Å². The molecule has 0 fully saturated rings. The molecule has 168 valence electrons. The van der Waals surface area contributed by atoms with Crippen LogP contribution in [0.5, 0.6) is 11.5 Å². The second-order valence-corrected chi connectivity index (χ2v) is 7.98. The van der Waals surface area contributed by atoms with Crippen LogP contribution in [-0.4, -0.2) is 29.1 Å². The molecule has 0 bridgehead atoms. The van der Waals surface area contributed by atoms with Crippen molar-refractivity contribution < 1.29 is 9.47 Å². The normalized spacial score (nSPS) is 12.2. The summed E-state index contributed by atoms with van der Waals surface area (Å²) >= 11 is 6.31. The van der Waals surface area contributed by atoms with Crippen LogP contribution in [0.3, 0.4) is 0 Å². The standard InChI is InChI=1S/C26H24ClN3O3/c1-4-17(2)33-24-19(14-20(27)15-23(24)32-3)16-28-30-25(18-10-6-5-7-11-18)29-22-13-9-8-12-21(22)26(30)31/h5-17H,4H2,1-3H3/t17-/m0/s1. The van der Waals surface area contributed by atoms with Gasteiger partial charge in [0.1, 0.15) is 0 Å². The summed E-state index contributed by atoms with van der Waals surface area (Å²) in [5.41, 5.74) is 1.71. The highest BCUT2D eigenvalue weighted by Gasteiger charge is 2.16. The Morgan fingerprint density at radius 3 is 2.58 bits per heavy atom. The first kappa shape index (κ1) is 22.6. The number of hydrogen-bond acceptors (Lipinski definition) is 5. The second-order valence-electron chi connectivity index (χ2n) is 7.54. The smallest absolute Gasteiger partial charge is 0.282 e. The van der Waals surface area contributed by atoms with Gasteiger partial charge in [-0.25, -0.2) is 4.98 Å². The lowest BCUT2D eigenvalue weighted by molar-refractivity contribution is 0.207. The van der Waals surface area contributed by atoms with E-state index in [4.69, 9.17) is 26.1 Å². The highest BCUT2D eigenvalue weighted by atomic mass is 35.5. The van der Waals surface area contributed by atoms with Crippen molar-refractivity contribution in [1.29, 1.82) is 0 Å². The van der Waals surface area contributed by atoms with E-state index < -0.39 is 0 Å². The van der Waals surface area contributed by atoms with Crippen molar-refractivity contribution in [3.8, 4) is 22.9 Å². The van der Waals surface area contributed by atoms with E-state index in [1.807, 2.05) is 62.4 Å². The summed E-state index contributed by atoms with van der Waals surface area (Å²) in [6, 6.07) is 20.1. The van der Waals surface area contributed by atoms with Gasteiger partial charge in [0.05, 0.1) is 30.3 Å². The van der Waals surface area contributed by atoms with E-state index in [9.17, 15) is 4.79 Å². The van der Waals surface area contributed by atoms with Crippen LogP contribution in [0.25, 0.3) is 22.3 Å². The van der Waals surface area contributed by atoms with Crippen LogP contribution in [0.4, 0.5) is 0 Å². The van der Waals surface area contributed by atoms with E-state index in [0.29, 0.717) is 38.8 Å². The molecule has 0 saturated heterocycles. The average molecular weight is 462 g/mol. The Labute approximate surface area is 197 Å². The van der Waals surface area contributed by atoms with Gasteiger partial charge in [0.15, 0.2) is 17.3 Å². The molecule has 0 saturated carbocycles. The van der Waals surface area contributed by atoms with Gasteiger partial charge < -0.3 is 9.47 Å². The first-order valence-corrected chi connectivity index (χ1v) is 11.1. The van der Waals surface area contributed by atoms with Crippen LogP contribution in [0.15, 0.2) is 76.6 Å². The maximum absolute atomic E-state index is 13.4. The zero-order chi connectivity index (χ0) is 23.4. The van der Waals surface area contributed by atoms with Crippen molar-refractivity contribution in [1.82, 2.24) is 9.66 Å². The summed E-state index contributed by atoms with van der Waals surface area (Å²) in [5, 5.41) is 5.49. The van der Waals surface area contributed by atoms with Crippen molar-refractivity contribution in [2.24, 2.45) is 5.10 Å². The first-order valence-electron chi connectivity index (χ1n) is 10.7. The molecule has 4 aromatic rings.